The molecule has 2 rings (SSSR count). The Morgan fingerprint density at radius 2 is 2.05 bits per heavy atom. The molecule has 1 fully saturated rings. The van der Waals surface area contributed by atoms with Crippen LogP contribution in [0.15, 0.2) is 18.2 Å². The summed E-state index contributed by atoms with van der Waals surface area (Å²) in [5.41, 5.74) is 10.5. The number of halogens is 1. The quantitative estimate of drug-likeness (QED) is 0.776. The molecule has 1 heterocycles. The lowest BCUT2D eigenvalue weighted by molar-refractivity contribution is 0.0999. The largest absolute Gasteiger partial charge is 0.366 e. The van der Waals surface area contributed by atoms with Crippen LogP contribution in [0, 0.1) is 3.57 Å². The van der Waals surface area contributed by atoms with Gasteiger partial charge in [-0.05, 0) is 65.6 Å². The van der Waals surface area contributed by atoms with Crippen molar-refractivity contribution in [3.8, 4) is 0 Å². The van der Waals surface area contributed by atoms with E-state index < -0.39 is 0 Å². The number of carbonyl (C=O) groups is 1. The number of piperidine rings is 1. The number of benzene rings is 1. The summed E-state index contributed by atoms with van der Waals surface area (Å²) in [7, 11) is 0. The van der Waals surface area contributed by atoms with Crippen molar-refractivity contribution in [2.75, 3.05) is 19.6 Å². The van der Waals surface area contributed by atoms with Gasteiger partial charge < -0.3 is 5.73 Å². The van der Waals surface area contributed by atoms with Gasteiger partial charge in [0.25, 0.3) is 0 Å². The van der Waals surface area contributed by atoms with Crippen molar-refractivity contribution in [2.45, 2.75) is 25.7 Å². The fourth-order valence-electron chi connectivity index (χ4n) is 2.41. The highest BCUT2D eigenvalue weighted by molar-refractivity contribution is 14.1. The van der Waals surface area contributed by atoms with Crippen LogP contribution in [0.3, 0.4) is 0 Å². The van der Waals surface area contributed by atoms with E-state index in [0.29, 0.717) is 5.56 Å². The number of nitrogens with one attached hydrogen (secondary N) is 1. The number of hydrogen-bond acceptors (Lipinski definition) is 3. The summed E-state index contributed by atoms with van der Waals surface area (Å²) in [6.45, 7) is 3.09. The van der Waals surface area contributed by atoms with E-state index in [0.717, 1.165) is 35.2 Å². The first-order valence-corrected chi connectivity index (χ1v) is 7.81. The molecule has 4 nitrogen and oxygen atoms in total. The van der Waals surface area contributed by atoms with Gasteiger partial charge in [0.1, 0.15) is 0 Å². The maximum Gasteiger partial charge on any atom is 0.248 e. The summed E-state index contributed by atoms with van der Waals surface area (Å²) in [5, 5.41) is 2.28. The number of amides is 1. The number of nitrogens with two attached hydrogens (primary N) is 1. The molecule has 1 aromatic carbocycles. The van der Waals surface area contributed by atoms with Gasteiger partial charge in [-0.15, -0.1) is 0 Å². The van der Waals surface area contributed by atoms with E-state index in [1.165, 1.54) is 19.3 Å². The number of primary amides is 1. The lowest BCUT2D eigenvalue weighted by atomic mass is 10.0. The number of hydrogen-bond donors (Lipinski definition) is 2. The van der Waals surface area contributed by atoms with Gasteiger partial charge in [-0.2, -0.15) is 0 Å². The van der Waals surface area contributed by atoms with Gasteiger partial charge in [0.05, 0.1) is 0 Å². The topological polar surface area (TPSA) is 58.4 Å². The molecule has 1 amide bonds. The molecule has 5 heteroatoms. The zero-order valence-electron chi connectivity index (χ0n) is 11.0. The molecule has 0 aliphatic carbocycles. The Labute approximate surface area is 127 Å². The Morgan fingerprint density at radius 3 is 2.74 bits per heavy atom. The van der Waals surface area contributed by atoms with Crippen molar-refractivity contribution in [3.63, 3.8) is 0 Å². The van der Waals surface area contributed by atoms with Crippen molar-refractivity contribution < 1.29 is 4.79 Å². The Kier molecular flexibility index (Phi) is 5.59. The minimum absolute atomic E-state index is 0.343. The maximum atomic E-state index is 11.4. The van der Waals surface area contributed by atoms with E-state index >= 15 is 0 Å². The van der Waals surface area contributed by atoms with Gasteiger partial charge in [0, 0.05) is 28.8 Å². The first kappa shape index (κ1) is 14.7. The number of carbonyl (C=O) groups excluding carboxylic acids is 1. The fourth-order valence-corrected chi connectivity index (χ4v) is 2.97. The van der Waals surface area contributed by atoms with Gasteiger partial charge in [-0.3, -0.25) is 10.2 Å². The van der Waals surface area contributed by atoms with Crippen molar-refractivity contribution in [1.29, 1.82) is 0 Å². The van der Waals surface area contributed by atoms with Gasteiger partial charge in [-0.25, -0.2) is 5.01 Å². The summed E-state index contributed by atoms with van der Waals surface area (Å²) in [4.78, 5) is 11.4. The van der Waals surface area contributed by atoms with Gasteiger partial charge >= 0.3 is 0 Å². The minimum Gasteiger partial charge on any atom is -0.366 e. The molecule has 0 spiro atoms. The predicted octanol–water partition coefficient (Wildman–Crippen LogP) is 1.92. The molecule has 1 saturated heterocycles. The normalized spacial score (nSPS) is 16.5. The third-order valence-electron chi connectivity index (χ3n) is 3.42. The fraction of sp³-hybridized carbons (Fsp3) is 0.500. The second kappa shape index (κ2) is 7.21. The molecule has 0 aromatic heterocycles. The van der Waals surface area contributed by atoms with E-state index in [4.69, 9.17) is 5.73 Å². The highest BCUT2D eigenvalue weighted by atomic mass is 127. The summed E-state index contributed by atoms with van der Waals surface area (Å²) >= 11 is 2.26. The van der Waals surface area contributed by atoms with Crippen LogP contribution in [-0.4, -0.2) is 30.6 Å². The van der Waals surface area contributed by atoms with Crippen LogP contribution in [0.2, 0.25) is 0 Å². The van der Waals surface area contributed by atoms with E-state index in [-0.39, 0.29) is 5.91 Å². The number of rotatable bonds is 5. The molecule has 1 aliphatic heterocycles. The van der Waals surface area contributed by atoms with Crippen LogP contribution in [0.4, 0.5) is 0 Å². The number of nitrogens with zero attached hydrogens (tertiary/aromatic N) is 1. The minimum atomic E-state index is -0.343. The number of hydrazine groups is 1. The van der Waals surface area contributed by atoms with Crippen molar-refractivity contribution >= 4 is 28.5 Å². The Hall–Kier alpha value is -0.660. The zero-order valence-corrected chi connectivity index (χ0v) is 13.2. The standard InChI is InChI=1S/C14H20IN3O/c15-12-4-5-13(14(16)19)11(10-12)6-7-17-18-8-2-1-3-9-18/h4-5,10,17H,1-3,6-9H2,(H2,16,19). The second-order valence-electron chi connectivity index (χ2n) is 4.87. The van der Waals surface area contributed by atoms with Crippen LogP contribution < -0.4 is 11.2 Å². The molecule has 0 atom stereocenters. The van der Waals surface area contributed by atoms with E-state index in [9.17, 15) is 4.79 Å². The first-order chi connectivity index (χ1) is 9.16. The van der Waals surface area contributed by atoms with E-state index in [1.807, 2.05) is 18.2 Å². The highest BCUT2D eigenvalue weighted by Crippen LogP contribution is 2.14. The lowest BCUT2D eigenvalue weighted by Crippen LogP contribution is -2.42. The molecule has 1 aromatic rings. The second-order valence-corrected chi connectivity index (χ2v) is 6.12. The van der Waals surface area contributed by atoms with Crippen LogP contribution in [-0.2, 0) is 6.42 Å². The average molecular weight is 373 g/mol. The Balaban J connectivity index is 1.91. The average Bonchev–Trinajstić information content (AvgIpc) is 2.39. The summed E-state index contributed by atoms with van der Waals surface area (Å²) in [6.07, 6.45) is 4.69. The van der Waals surface area contributed by atoms with Crippen molar-refractivity contribution in [3.05, 3.63) is 32.9 Å². The van der Waals surface area contributed by atoms with Gasteiger partial charge in [0.2, 0.25) is 5.91 Å². The van der Waals surface area contributed by atoms with E-state index in [2.05, 4.69) is 33.0 Å². The van der Waals surface area contributed by atoms with E-state index in [1.54, 1.807) is 0 Å². The molecule has 0 radical (unpaired) electrons. The molecule has 3 N–H and O–H groups in total. The smallest absolute Gasteiger partial charge is 0.248 e. The van der Waals surface area contributed by atoms with Crippen LogP contribution in [0.25, 0.3) is 0 Å². The van der Waals surface area contributed by atoms with Crippen molar-refractivity contribution in [2.24, 2.45) is 5.73 Å². The molecule has 1 aliphatic rings. The molecule has 19 heavy (non-hydrogen) atoms. The highest BCUT2D eigenvalue weighted by Gasteiger charge is 2.11. The molecule has 0 saturated carbocycles. The third-order valence-corrected chi connectivity index (χ3v) is 4.09. The molecule has 0 bridgehead atoms. The zero-order chi connectivity index (χ0) is 13.7. The summed E-state index contributed by atoms with van der Waals surface area (Å²) in [5.74, 6) is -0.343. The molecule has 104 valence electrons. The van der Waals surface area contributed by atoms with Crippen LogP contribution in [0.5, 0.6) is 0 Å². The predicted molar refractivity (Wildman–Crippen MR) is 84.8 cm³/mol. The van der Waals surface area contributed by atoms with Gasteiger partial charge in [0.15, 0.2) is 0 Å². The Bertz CT molecular complexity index is 444. The summed E-state index contributed by atoms with van der Waals surface area (Å²) < 4.78 is 1.13. The lowest BCUT2D eigenvalue weighted by Gasteiger charge is -2.27. The van der Waals surface area contributed by atoms with Crippen LogP contribution >= 0.6 is 22.6 Å². The third kappa shape index (κ3) is 4.43. The van der Waals surface area contributed by atoms with Crippen LogP contribution in [0.1, 0.15) is 35.2 Å². The van der Waals surface area contributed by atoms with Crippen molar-refractivity contribution in [1.82, 2.24) is 10.4 Å². The molecule has 0 unspecified atom stereocenters. The summed E-state index contributed by atoms with van der Waals surface area (Å²) in [6, 6.07) is 5.78. The molecular formula is C14H20IN3O. The maximum absolute atomic E-state index is 11.4. The first-order valence-electron chi connectivity index (χ1n) is 6.73. The Morgan fingerprint density at radius 1 is 1.32 bits per heavy atom. The van der Waals surface area contributed by atoms with Gasteiger partial charge in [-0.1, -0.05) is 6.42 Å². The molecular weight excluding hydrogens is 353 g/mol. The SMILES string of the molecule is NC(=O)c1ccc(I)cc1CCNN1CCCCC1. The monoisotopic (exact) mass is 373 g/mol.